The van der Waals surface area contributed by atoms with Gasteiger partial charge in [0.15, 0.2) is 0 Å². The summed E-state index contributed by atoms with van der Waals surface area (Å²) in [5, 5.41) is 2.84. The maximum atomic E-state index is 14.3. The van der Waals surface area contributed by atoms with E-state index in [1.807, 2.05) is 13.8 Å². The minimum Gasteiger partial charge on any atom is -0.399 e. The minimum atomic E-state index is -1.23. The van der Waals surface area contributed by atoms with Gasteiger partial charge in [0.05, 0.1) is 10.9 Å². The highest BCUT2D eigenvalue weighted by atomic mass is 19.1. The van der Waals surface area contributed by atoms with Crippen molar-refractivity contribution in [3.05, 3.63) is 59.3 Å². The predicted octanol–water partition coefficient (Wildman–Crippen LogP) is 2.49. The van der Waals surface area contributed by atoms with Crippen molar-refractivity contribution in [2.45, 2.75) is 44.2 Å². The summed E-state index contributed by atoms with van der Waals surface area (Å²) in [7, 11) is 1.43. The van der Waals surface area contributed by atoms with Gasteiger partial charge in [-0.05, 0) is 54.7 Å². The fraction of sp³-hybridized carbons (Fsp3) is 0.357. The Morgan fingerprint density at radius 1 is 1.18 bits per heavy atom. The predicted molar refractivity (Wildman–Crippen MR) is 144 cm³/mol. The quantitative estimate of drug-likeness (QED) is 0.346. The van der Waals surface area contributed by atoms with Crippen LogP contribution in [0, 0.1) is 17.6 Å². The van der Waals surface area contributed by atoms with E-state index >= 15 is 0 Å². The maximum absolute atomic E-state index is 14.3. The van der Waals surface area contributed by atoms with Crippen LogP contribution in [-0.2, 0) is 19.8 Å². The molecule has 0 saturated carbocycles. The van der Waals surface area contributed by atoms with Gasteiger partial charge in [0.25, 0.3) is 5.91 Å². The van der Waals surface area contributed by atoms with Gasteiger partial charge in [0.2, 0.25) is 17.7 Å². The molecule has 1 fully saturated rings. The number of amides is 4. The number of carbonyl (C=O) groups is 4. The normalized spacial score (nSPS) is 20.7. The highest BCUT2D eigenvalue weighted by molar-refractivity contribution is 6.09. The number of nitrogens with zero attached hydrogens (tertiary/aromatic N) is 2. The van der Waals surface area contributed by atoms with Gasteiger partial charge in [-0.3, -0.25) is 19.2 Å². The molecule has 6 N–H and O–H groups in total. The van der Waals surface area contributed by atoms with Gasteiger partial charge in [-0.25, -0.2) is 8.78 Å². The van der Waals surface area contributed by atoms with Crippen LogP contribution in [0.15, 0.2) is 36.4 Å². The average Bonchev–Trinajstić information content (AvgIpc) is 3.57. The molecule has 2 aliphatic heterocycles. The van der Waals surface area contributed by atoms with E-state index < -0.39 is 46.9 Å². The number of aromatic amines is 1. The lowest BCUT2D eigenvalue weighted by atomic mass is 9.79. The summed E-state index contributed by atoms with van der Waals surface area (Å²) in [6, 6.07) is 5.88. The summed E-state index contributed by atoms with van der Waals surface area (Å²) in [6.45, 7) is 3.62. The molecule has 12 heteroatoms. The number of nitrogens with two attached hydrogens (primary N) is 2. The van der Waals surface area contributed by atoms with Crippen LogP contribution in [0.3, 0.4) is 0 Å². The Morgan fingerprint density at radius 2 is 1.90 bits per heavy atom. The van der Waals surface area contributed by atoms with Gasteiger partial charge in [0, 0.05) is 36.4 Å². The number of nitrogens with one attached hydrogen (secondary N) is 2. The van der Waals surface area contributed by atoms with Crippen LogP contribution in [0.5, 0.6) is 0 Å². The Morgan fingerprint density at radius 3 is 2.58 bits per heavy atom. The summed E-state index contributed by atoms with van der Waals surface area (Å²) in [6.07, 6.45) is 0.199. The monoisotopic (exact) mass is 552 g/mol. The Labute approximate surface area is 228 Å². The van der Waals surface area contributed by atoms with Crippen LogP contribution in [0.25, 0.3) is 10.9 Å². The molecule has 40 heavy (non-hydrogen) atoms. The number of fused-ring (bicyclic) bond motifs is 3. The Hall–Kier alpha value is -4.48. The van der Waals surface area contributed by atoms with Gasteiger partial charge in [-0.2, -0.15) is 0 Å². The number of likely N-dealkylation sites (tertiary alicyclic amines) is 1. The van der Waals surface area contributed by atoms with Crippen LogP contribution in [-0.4, -0.2) is 64.1 Å². The SMILES string of the molecule is CC(C)C[C@@H](C(=O)N1C[C@]2(C[C@H]1C(N)=O)C(=O)Nc1ccc(N)cc12)N(C)C(=O)c1cc2c(F)cc(F)cc2[nH]1. The van der Waals surface area contributed by atoms with Crippen LogP contribution in [0.2, 0.25) is 0 Å². The molecule has 3 atom stereocenters. The smallest absolute Gasteiger partial charge is 0.270 e. The number of anilines is 2. The van der Waals surface area contributed by atoms with E-state index in [0.717, 1.165) is 12.1 Å². The number of H-pyrrole nitrogens is 1. The first-order chi connectivity index (χ1) is 18.8. The minimum absolute atomic E-state index is 0.0325. The third-order valence-corrected chi connectivity index (χ3v) is 7.86. The van der Waals surface area contributed by atoms with Crippen LogP contribution >= 0.6 is 0 Å². The van der Waals surface area contributed by atoms with E-state index in [4.69, 9.17) is 11.5 Å². The first kappa shape index (κ1) is 27.1. The molecule has 1 saturated heterocycles. The fourth-order valence-corrected chi connectivity index (χ4v) is 5.85. The summed E-state index contributed by atoms with van der Waals surface area (Å²) in [5.41, 5.74) is 12.1. The molecule has 1 spiro atoms. The standard InChI is InChI=1S/C28H30F2N6O4/c1-13(2)6-22(35(3)25(38)21-10-16-18(30)7-14(29)8-20(16)33-21)26(39)36-12-28(11-23(36)24(32)37)17-9-15(31)4-5-19(17)34-27(28)40/h4-5,7-10,13,22-23,33H,6,11-12,31H2,1-3H3,(H2,32,37)(H,34,40)/t22-,23-,28-/m0/s1. The summed E-state index contributed by atoms with van der Waals surface area (Å²) in [4.78, 5) is 58.7. The molecular formula is C28H30F2N6O4. The topological polar surface area (TPSA) is 155 Å². The van der Waals surface area contributed by atoms with Crippen LogP contribution in [0.4, 0.5) is 20.2 Å². The van der Waals surface area contributed by atoms with E-state index in [-0.39, 0.29) is 47.8 Å². The van der Waals surface area contributed by atoms with Crippen molar-refractivity contribution >= 4 is 45.9 Å². The number of aromatic nitrogens is 1. The number of primary amides is 1. The molecule has 4 amide bonds. The molecule has 0 radical (unpaired) electrons. The molecule has 2 aromatic carbocycles. The number of benzene rings is 2. The molecule has 0 bridgehead atoms. The second kappa shape index (κ2) is 9.61. The number of likely N-dealkylation sites (N-methyl/N-ethyl adjacent to an activating group) is 1. The molecule has 0 aliphatic carbocycles. The van der Waals surface area contributed by atoms with Crippen molar-refractivity contribution < 1.29 is 28.0 Å². The second-order valence-corrected chi connectivity index (χ2v) is 11.0. The molecule has 0 unspecified atom stereocenters. The van der Waals surface area contributed by atoms with Gasteiger partial charge in [-0.15, -0.1) is 0 Å². The van der Waals surface area contributed by atoms with E-state index in [9.17, 15) is 28.0 Å². The first-order valence-electron chi connectivity index (χ1n) is 12.9. The highest BCUT2D eigenvalue weighted by Gasteiger charge is 2.58. The Bertz CT molecular complexity index is 1570. The summed E-state index contributed by atoms with van der Waals surface area (Å²) >= 11 is 0. The van der Waals surface area contributed by atoms with Gasteiger partial charge in [0.1, 0.15) is 29.4 Å². The lowest BCUT2D eigenvalue weighted by Gasteiger charge is -2.33. The van der Waals surface area contributed by atoms with E-state index in [1.165, 1.54) is 22.9 Å². The van der Waals surface area contributed by atoms with E-state index in [1.54, 1.807) is 18.2 Å². The molecule has 1 aromatic heterocycles. The van der Waals surface area contributed by atoms with Crippen molar-refractivity contribution in [2.24, 2.45) is 11.7 Å². The van der Waals surface area contributed by atoms with Gasteiger partial charge >= 0.3 is 0 Å². The van der Waals surface area contributed by atoms with Crippen molar-refractivity contribution in [3.8, 4) is 0 Å². The Kier molecular flexibility index (Phi) is 6.51. The molecule has 3 heterocycles. The van der Waals surface area contributed by atoms with Crippen molar-refractivity contribution in [1.82, 2.24) is 14.8 Å². The van der Waals surface area contributed by atoms with Crippen molar-refractivity contribution in [2.75, 3.05) is 24.6 Å². The van der Waals surface area contributed by atoms with E-state index in [2.05, 4.69) is 10.3 Å². The summed E-state index contributed by atoms with van der Waals surface area (Å²) in [5.74, 6) is -4.00. The zero-order valence-electron chi connectivity index (χ0n) is 22.3. The molecule has 5 rings (SSSR count). The fourth-order valence-electron chi connectivity index (χ4n) is 5.85. The third kappa shape index (κ3) is 4.33. The molecule has 2 aliphatic rings. The highest BCUT2D eigenvalue weighted by Crippen LogP contribution is 2.47. The zero-order valence-corrected chi connectivity index (χ0v) is 22.3. The molecule has 10 nitrogen and oxygen atoms in total. The first-order valence-corrected chi connectivity index (χ1v) is 12.9. The van der Waals surface area contributed by atoms with E-state index in [0.29, 0.717) is 16.9 Å². The number of rotatable bonds is 6. The van der Waals surface area contributed by atoms with Gasteiger partial charge in [-0.1, -0.05) is 13.8 Å². The largest absolute Gasteiger partial charge is 0.399 e. The number of hydrogen-bond donors (Lipinski definition) is 4. The van der Waals surface area contributed by atoms with Crippen molar-refractivity contribution in [3.63, 3.8) is 0 Å². The maximum Gasteiger partial charge on any atom is 0.270 e. The number of halogens is 2. The summed E-state index contributed by atoms with van der Waals surface area (Å²) < 4.78 is 28.0. The molecule has 210 valence electrons. The number of carbonyl (C=O) groups excluding carboxylic acids is 4. The molecular weight excluding hydrogens is 522 g/mol. The second-order valence-electron chi connectivity index (χ2n) is 11.0. The zero-order chi connectivity index (χ0) is 29.1. The van der Waals surface area contributed by atoms with Crippen LogP contribution in [0.1, 0.15) is 42.7 Å². The van der Waals surface area contributed by atoms with Crippen molar-refractivity contribution in [1.29, 1.82) is 0 Å². The Balaban J connectivity index is 1.49. The third-order valence-electron chi connectivity index (χ3n) is 7.86. The molecule has 3 aromatic rings. The lowest BCUT2D eigenvalue weighted by molar-refractivity contribution is -0.141. The number of hydrogen-bond acceptors (Lipinski definition) is 5. The number of nitrogen functional groups attached to an aromatic ring is 1. The average molecular weight is 553 g/mol. The lowest BCUT2D eigenvalue weighted by Crippen LogP contribution is -2.54. The van der Waals surface area contributed by atoms with Crippen LogP contribution < -0.4 is 16.8 Å². The van der Waals surface area contributed by atoms with Gasteiger partial charge < -0.3 is 31.6 Å².